The largest absolute Gasteiger partial charge is 0.497 e. The SMILES string of the molecule is COc1ccc(OCCNCC(C)(C)O)cc1. The molecule has 0 saturated carbocycles. The zero-order chi connectivity index (χ0) is 12.7. The van der Waals surface area contributed by atoms with Gasteiger partial charge >= 0.3 is 0 Å². The molecule has 4 nitrogen and oxygen atoms in total. The van der Waals surface area contributed by atoms with Gasteiger partial charge in [-0.3, -0.25) is 0 Å². The number of ether oxygens (including phenoxy) is 2. The second kappa shape index (κ2) is 6.47. The summed E-state index contributed by atoms with van der Waals surface area (Å²) in [5, 5.41) is 12.6. The maximum absolute atomic E-state index is 9.47. The van der Waals surface area contributed by atoms with Crippen LogP contribution in [0, 0.1) is 0 Å². The van der Waals surface area contributed by atoms with E-state index >= 15 is 0 Å². The van der Waals surface area contributed by atoms with Crippen LogP contribution in [0.3, 0.4) is 0 Å². The van der Waals surface area contributed by atoms with Crippen LogP contribution in [0.2, 0.25) is 0 Å². The fourth-order valence-corrected chi connectivity index (χ4v) is 1.31. The number of rotatable bonds is 7. The van der Waals surface area contributed by atoms with Crippen molar-refractivity contribution in [3.8, 4) is 11.5 Å². The average molecular weight is 239 g/mol. The maximum Gasteiger partial charge on any atom is 0.119 e. The molecule has 0 aliphatic carbocycles. The highest BCUT2D eigenvalue weighted by Gasteiger charge is 2.10. The van der Waals surface area contributed by atoms with E-state index in [4.69, 9.17) is 9.47 Å². The molecule has 96 valence electrons. The molecule has 0 bridgehead atoms. The minimum absolute atomic E-state index is 0.555. The molecule has 0 aliphatic heterocycles. The van der Waals surface area contributed by atoms with Crippen LogP contribution >= 0.6 is 0 Å². The van der Waals surface area contributed by atoms with Crippen LogP contribution in [-0.4, -0.2) is 37.5 Å². The standard InChI is InChI=1S/C13H21NO3/c1-13(2,15)10-14-8-9-17-12-6-4-11(16-3)5-7-12/h4-7,14-15H,8-10H2,1-3H3. The zero-order valence-electron chi connectivity index (χ0n) is 10.7. The van der Waals surface area contributed by atoms with Gasteiger partial charge in [-0.15, -0.1) is 0 Å². The summed E-state index contributed by atoms with van der Waals surface area (Å²) in [6.07, 6.45) is 0. The minimum atomic E-state index is -0.680. The molecule has 0 atom stereocenters. The van der Waals surface area contributed by atoms with Crippen molar-refractivity contribution in [1.82, 2.24) is 5.32 Å². The summed E-state index contributed by atoms with van der Waals surface area (Å²) in [6, 6.07) is 7.46. The second-order valence-electron chi connectivity index (χ2n) is 4.51. The highest BCUT2D eigenvalue weighted by molar-refractivity contribution is 5.31. The molecule has 17 heavy (non-hydrogen) atoms. The molecule has 0 aromatic heterocycles. The van der Waals surface area contributed by atoms with Crippen molar-refractivity contribution < 1.29 is 14.6 Å². The van der Waals surface area contributed by atoms with Gasteiger partial charge in [0, 0.05) is 13.1 Å². The molecule has 0 heterocycles. The van der Waals surface area contributed by atoms with Crippen molar-refractivity contribution in [2.75, 3.05) is 26.8 Å². The third kappa shape index (κ3) is 6.14. The molecule has 0 saturated heterocycles. The van der Waals surface area contributed by atoms with Crippen LogP contribution in [0.25, 0.3) is 0 Å². The molecule has 0 fully saturated rings. The predicted octanol–water partition coefficient (Wildman–Crippen LogP) is 1.43. The van der Waals surface area contributed by atoms with Gasteiger partial charge < -0.3 is 19.9 Å². The van der Waals surface area contributed by atoms with E-state index in [1.54, 1.807) is 21.0 Å². The Morgan fingerprint density at radius 3 is 2.29 bits per heavy atom. The summed E-state index contributed by atoms with van der Waals surface area (Å²) in [4.78, 5) is 0. The summed E-state index contributed by atoms with van der Waals surface area (Å²) in [5.41, 5.74) is -0.680. The van der Waals surface area contributed by atoms with Gasteiger partial charge in [0.2, 0.25) is 0 Å². The molecule has 0 aliphatic rings. The Morgan fingerprint density at radius 1 is 1.18 bits per heavy atom. The molecular weight excluding hydrogens is 218 g/mol. The van der Waals surface area contributed by atoms with E-state index in [1.165, 1.54) is 0 Å². The van der Waals surface area contributed by atoms with Crippen LogP contribution in [0.4, 0.5) is 0 Å². The highest BCUT2D eigenvalue weighted by Crippen LogP contribution is 2.16. The first kappa shape index (κ1) is 13.8. The van der Waals surface area contributed by atoms with Crippen LogP contribution in [0.15, 0.2) is 24.3 Å². The van der Waals surface area contributed by atoms with Crippen LogP contribution in [0.1, 0.15) is 13.8 Å². The van der Waals surface area contributed by atoms with Crippen molar-refractivity contribution in [2.24, 2.45) is 0 Å². The van der Waals surface area contributed by atoms with Gasteiger partial charge in [0.15, 0.2) is 0 Å². The molecule has 2 N–H and O–H groups in total. The Balaban J connectivity index is 2.18. The highest BCUT2D eigenvalue weighted by atomic mass is 16.5. The lowest BCUT2D eigenvalue weighted by atomic mass is 10.1. The van der Waals surface area contributed by atoms with Crippen molar-refractivity contribution in [3.05, 3.63) is 24.3 Å². The van der Waals surface area contributed by atoms with Crippen molar-refractivity contribution in [2.45, 2.75) is 19.4 Å². The molecule has 0 unspecified atom stereocenters. The van der Waals surface area contributed by atoms with E-state index in [2.05, 4.69) is 5.32 Å². The summed E-state index contributed by atoms with van der Waals surface area (Å²) >= 11 is 0. The molecular formula is C13H21NO3. The van der Waals surface area contributed by atoms with Gasteiger partial charge in [-0.25, -0.2) is 0 Å². The molecule has 4 heteroatoms. The summed E-state index contributed by atoms with van der Waals surface area (Å²) < 4.78 is 10.6. The van der Waals surface area contributed by atoms with Gasteiger partial charge in [-0.1, -0.05) is 0 Å². The number of nitrogens with one attached hydrogen (secondary N) is 1. The number of methoxy groups -OCH3 is 1. The van der Waals surface area contributed by atoms with Crippen LogP contribution in [0.5, 0.6) is 11.5 Å². The number of hydrogen-bond donors (Lipinski definition) is 2. The Labute approximate surface area is 103 Å². The monoisotopic (exact) mass is 239 g/mol. The molecule has 0 radical (unpaired) electrons. The van der Waals surface area contributed by atoms with Crippen molar-refractivity contribution in [3.63, 3.8) is 0 Å². The molecule has 0 amide bonds. The average Bonchev–Trinajstić information content (AvgIpc) is 2.28. The number of aliphatic hydroxyl groups is 1. The predicted molar refractivity (Wildman–Crippen MR) is 67.7 cm³/mol. The lowest BCUT2D eigenvalue weighted by Gasteiger charge is -2.17. The normalized spacial score (nSPS) is 11.3. The third-order valence-electron chi connectivity index (χ3n) is 2.16. The van der Waals surface area contributed by atoms with Gasteiger partial charge in [0.1, 0.15) is 18.1 Å². The van der Waals surface area contributed by atoms with E-state index in [1.807, 2.05) is 24.3 Å². The Morgan fingerprint density at radius 2 is 1.76 bits per heavy atom. The van der Waals surface area contributed by atoms with E-state index in [9.17, 15) is 5.11 Å². The third-order valence-corrected chi connectivity index (χ3v) is 2.16. The minimum Gasteiger partial charge on any atom is -0.497 e. The summed E-state index contributed by atoms with van der Waals surface area (Å²) in [5.74, 6) is 1.63. The van der Waals surface area contributed by atoms with Gasteiger partial charge in [-0.2, -0.15) is 0 Å². The molecule has 1 aromatic rings. The smallest absolute Gasteiger partial charge is 0.119 e. The summed E-state index contributed by atoms with van der Waals surface area (Å²) in [7, 11) is 1.64. The lowest BCUT2D eigenvalue weighted by Crippen LogP contribution is -2.36. The zero-order valence-corrected chi connectivity index (χ0v) is 10.7. The molecule has 1 rings (SSSR count). The Hall–Kier alpha value is -1.26. The Kier molecular flexibility index (Phi) is 5.25. The second-order valence-corrected chi connectivity index (χ2v) is 4.51. The quantitative estimate of drug-likeness (QED) is 0.707. The molecule has 1 aromatic carbocycles. The lowest BCUT2D eigenvalue weighted by molar-refractivity contribution is 0.0789. The number of benzene rings is 1. The van der Waals surface area contributed by atoms with E-state index in [-0.39, 0.29) is 0 Å². The van der Waals surface area contributed by atoms with Gasteiger partial charge in [0.05, 0.1) is 12.7 Å². The Bertz CT molecular complexity index is 316. The number of hydrogen-bond acceptors (Lipinski definition) is 4. The first-order chi connectivity index (χ1) is 8.01. The van der Waals surface area contributed by atoms with Crippen LogP contribution < -0.4 is 14.8 Å². The van der Waals surface area contributed by atoms with E-state index in [0.717, 1.165) is 11.5 Å². The van der Waals surface area contributed by atoms with Crippen LogP contribution in [-0.2, 0) is 0 Å². The fraction of sp³-hybridized carbons (Fsp3) is 0.538. The van der Waals surface area contributed by atoms with Crippen molar-refractivity contribution in [1.29, 1.82) is 0 Å². The first-order valence-electron chi connectivity index (χ1n) is 5.71. The summed E-state index contributed by atoms with van der Waals surface area (Å²) in [6.45, 7) is 5.37. The van der Waals surface area contributed by atoms with Gasteiger partial charge in [0.25, 0.3) is 0 Å². The van der Waals surface area contributed by atoms with Gasteiger partial charge in [-0.05, 0) is 38.1 Å². The topological polar surface area (TPSA) is 50.7 Å². The van der Waals surface area contributed by atoms with E-state index in [0.29, 0.717) is 19.7 Å². The molecule has 0 spiro atoms. The van der Waals surface area contributed by atoms with Crippen molar-refractivity contribution >= 4 is 0 Å². The maximum atomic E-state index is 9.47. The first-order valence-corrected chi connectivity index (χ1v) is 5.71. The van der Waals surface area contributed by atoms with E-state index < -0.39 is 5.60 Å². The fourth-order valence-electron chi connectivity index (χ4n) is 1.31.